The van der Waals surface area contributed by atoms with Crippen molar-refractivity contribution >= 4 is 36.5 Å². The van der Waals surface area contributed by atoms with Crippen molar-refractivity contribution in [2.45, 2.75) is 84.4 Å². The zero-order valence-electron chi connectivity index (χ0n) is 22.7. The van der Waals surface area contributed by atoms with Crippen molar-refractivity contribution in [3.63, 3.8) is 0 Å². The Balaban J connectivity index is 3.24. The number of esters is 1. The number of carbonyl (C=O) groups excluding carboxylic acids is 4. The second-order valence-electron chi connectivity index (χ2n) is 9.63. The van der Waals surface area contributed by atoms with Crippen LogP contribution in [0.3, 0.4) is 0 Å². The Bertz CT molecular complexity index is 859. The Labute approximate surface area is 226 Å². The van der Waals surface area contributed by atoms with Crippen LogP contribution >= 0.6 is 12.6 Å². The van der Waals surface area contributed by atoms with Gasteiger partial charge in [-0.25, -0.2) is 4.79 Å². The molecule has 3 amide bonds. The van der Waals surface area contributed by atoms with Gasteiger partial charge in [0.2, 0.25) is 11.8 Å². The molecule has 0 saturated heterocycles. The van der Waals surface area contributed by atoms with E-state index in [4.69, 9.17) is 9.47 Å². The van der Waals surface area contributed by atoms with E-state index >= 15 is 0 Å². The number of unbranched alkanes of at least 4 members (excludes halogenated alkanes) is 3. The fourth-order valence-electron chi connectivity index (χ4n) is 3.64. The molecule has 10 heteroatoms. The van der Waals surface area contributed by atoms with Crippen LogP contribution in [0.25, 0.3) is 0 Å². The quantitative estimate of drug-likeness (QED) is 0.177. The van der Waals surface area contributed by atoms with Gasteiger partial charge in [0.25, 0.3) is 0 Å². The van der Waals surface area contributed by atoms with Crippen LogP contribution in [0.15, 0.2) is 30.3 Å². The fraction of sp³-hybridized carbons (Fsp3) is 0.630. The average Bonchev–Trinajstić information content (AvgIpc) is 2.83. The standard InChI is InChI=1S/C27H43N3O6S/c1-6-8-9-13-18-30(25(33)21(19-37)29-26(34)36-27(3,4)5)23(20-14-11-10-12-15-20)24(32)28-17-16-22(31)35-7-2/h10-12,14-15,21,23,37H,6-9,13,16-19H2,1-5H3,(H,28,32)(H,29,34). The van der Waals surface area contributed by atoms with Gasteiger partial charge in [-0.15, -0.1) is 0 Å². The summed E-state index contributed by atoms with van der Waals surface area (Å²) in [5, 5.41) is 5.37. The molecule has 0 heterocycles. The van der Waals surface area contributed by atoms with E-state index in [1.807, 2.05) is 6.07 Å². The summed E-state index contributed by atoms with van der Waals surface area (Å²) in [5.41, 5.74) is -0.116. The van der Waals surface area contributed by atoms with Crippen LogP contribution in [0.5, 0.6) is 0 Å². The third kappa shape index (κ3) is 12.4. The maximum absolute atomic E-state index is 13.8. The van der Waals surface area contributed by atoms with Crippen LogP contribution < -0.4 is 10.6 Å². The predicted octanol–water partition coefficient (Wildman–Crippen LogP) is 4.03. The minimum absolute atomic E-state index is 0.0188. The first-order valence-corrected chi connectivity index (χ1v) is 13.6. The van der Waals surface area contributed by atoms with E-state index in [0.29, 0.717) is 18.5 Å². The highest BCUT2D eigenvalue weighted by Crippen LogP contribution is 2.24. The van der Waals surface area contributed by atoms with Crippen molar-refractivity contribution in [1.29, 1.82) is 0 Å². The molecule has 2 unspecified atom stereocenters. The number of ether oxygens (including phenoxy) is 2. The number of amides is 3. The lowest BCUT2D eigenvalue weighted by Gasteiger charge is -2.34. The SMILES string of the molecule is CCCCCCN(C(=O)C(CS)NC(=O)OC(C)(C)C)C(C(=O)NCCC(=O)OCC)c1ccccc1. The van der Waals surface area contributed by atoms with E-state index in [9.17, 15) is 19.2 Å². The van der Waals surface area contributed by atoms with Crippen molar-refractivity contribution in [3.05, 3.63) is 35.9 Å². The van der Waals surface area contributed by atoms with Crippen LogP contribution in [0, 0.1) is 0 Å². The summed E-state index contributed by atoms with van der Waals surface area (Å²) < 4.78 is 10.3. The molecule has 0 fully saturated rings. The molecule has 9 nitrogen and oxygen atoms in total. The van der Waals surface area contributed by atoms with Crippen molar-refractivity contribution in [3.8, 4) is 0 Å². The van der Waals surface area contributed by atoms with E-state index in [1.165, 1.54) is 4.90 Å². The summed E-state index contributed by atoms with van der Waals surface area (Å²) in [4.78, 5) is 52.9. The number of nitrogens with zero attached hydrogens (tertiary/aromatic N) is 1. The second kappa shape index (κ2) is 16.9. The highest BCUT2D eigenvalue weighted by atomic mass is 32.1. The molecule has 37 heavy (non-hydrogen) atoms. The maximum atomic E-state index is 13.8. The lowest BCUT2D eigenvalue weighted by Crippen LogP contribution is -2.54. The Morgan fingerprint density at radius 3 is 2.27 bits per heavy atom. The number of carbonyl (C=O) groups is 4. The molecule has 0 aliphatic heterocycles. The summed E-state index contributed by atoms with van der Waals surface area (Å²) in [6.45, 7) is 9.65. The van der Waals surface area contributed by atoms with Crippen LogP contribution in [0.4, 0.5) is 4.79 Å². The molecule has 0 radical (unpaired) electrons. The van der Waals surface area contributed by atoms with Gasteiger partial charge in [0, 0.05) is 18.8 Å². The van der Waals surface area contributed by atoms with Gasteiger partial charge < -0.3 is 25.0 Å². The number of hydrogen-bond donors (Lipinski definition) is 3. The van der Waals surface area contributed by atoms with Gasteiger partial charge in [0.15, 0.2) is 0 Å². The molecular formula is C27H43N3O6S. The molecule has 2 N–H and O–H groups in total. The first kappa shape index (κ1) is 32.3. The van der Waals surface area contributed by atoms with Gasteiger partial charge in [-0.1, -0.05) is 56.5 Å². The molecule has 1 aromatic carbocycles. The molecule has 0 spiro atoms. The molecule has 1 aromatic rings. The van der Waals surface area contributed by atoms with E-state index in [0.717, 1.165) is 19.3 Å². The summed E-state index contributed by atoms with van der Waals surface area (Å²) in [6.07, 6.45) is 2.87. The monoisotopic (exact) mass is 537 g/mol. The maximum Gasteiger partial charge on any atom is 0.408 e. The van der Waals surface area contributed by atoms with Crippen LogP contribution in [0.1, 0.15) is 78.3 Å². The summed E-state index contributed by atoms with van der Waals surface area (Å²) >= 11 is 4.30. The number of thiol groups is 1. The van der Waals surface area contributed by atoms with Crippen molar-refractivity contribution in [2.75, 3.05) is 25.4 Å². The summed E-state index contributed by atoms with van der Waals surface area (Å²) in [6, 6.07) is 7.01. The predicted molar refractivity (Wildman–Crippen MR) is 146 cm³/mol. The second-order valence-corrected chi connectivity index (χ2v) is 10.00. The number of alkyl carbamates (subject to hydrolysis) is 1. The molecular weight excluding hydrogens is 494 g/mol. The number of nitrogens with one attached hydrogen (secondary N) is 2. The Morgan fingerprint density at radius 1 is 1.03 bits per heavy atom. The third-order valence-corrected chi connectivity index (χ3v) is 5.68. The summed E-state index contributed by atoms with van der Waals surface area (Å²) in [5.74, 6) is -1.25. The lowest BCUT2D eigenvalue weighted by atomic mass is 10.0. The van der Waals surface area contributed by atoms with Gasteiger partial charge in [-0.2, -0.15) is 12.6 Å². The van der Waals surface area contributed by atoms with Crippen molar-refractivity contribution in [1.82, 2.24) is 15.5 Å². The average molecular weight is 538 g/mol. The van der Waals surface area contributed by atoms with Gasteiger partial charge in [0.1, 0.15) is 17.7 Å². The number of hydrogen-bond acceptors (Lipinski definition) is 7. The minimum atomic E-state index is -0.997. The molecule has 0 aromatic heterocycles. The number of rotatable bonds is 15. The molecule has 0 saturated carbocycles. The molecule has 0 aliphatic rings. The summed E-state index contributed by atoms with van der Waals surface area (Å²) in [7, 11) is 0. The lowest BCUT2D eigenvalue weighted by molar-refractivity contribution is -0.144. The van der Waals surface area contributed by atoms with Crippen LogP contribution in [-0.2, 0) is 23.9 Å². The Kier molecular flexibility index (Phi) is 14.7. The highest BCUT2D eigenvalue weighted by molar-refractivity contribution is 7.80. The van der Waals surface area contributed by atoms with E-state index in [1.54, 1.807) is 52.0 Å². The highest BCUT2D eigenvalue weighted by Gasteiger charge is 2.35. The van der Waals surface area contributed by atoms with E-state index < -0.39 is 41.6 Å². The van der Waals surface area contributed by atoms with Gasteiger partial charge in [0.05, 0.1) is 13.0 Å². The minimum Gasteiger partial charge on any atom is -0.466 e. The van der Waals surface area contributed by atoms with E-state index in [-0.39, 0.29) is 25.3 Å². The van der Waals surface area contributed by atoms with Crippen LogP contribution in [-0.4, -0.2) is 65.9 Å². The molecule has 1 rings (SSSR count). The smallest absolute Gasteiger partial charge is 0.408 e. The van der Waals surface area contributed by atoms with Crippen LogP contribution in [0.2, 0.25) is 0 Å². The first-order chi connectivity index (χ1) is 17.5. The zero-order chi connectivity index (χ0) is 27.8. The molecule has 0 bridgehead atoms. The first-order valence-electron chi connectivity index (χ1n) is 12.9. The normalized spacial score (nSPS) is 12.7. The van der Waals surface area contributed by atoms with E-state index in [2.05, 4.69) is 30.2 Å². The third-order valence-electron chi connectivity index (χ3n) is 5.32. The Morgan fingerprint density at radius 2 is 1.70 bits per heavy atom. The van der Waals surface area contributed by atoms with Crippen molar-refractivity contribution in [2.24, 2.45) is 0 Å². The molecule has 208 valence electrons. The molecule has 2 atom stereocenters. The fourth-order valence-corrected chi connectivity index (χ4v) is 3.88. The van der Waals surface area contributed by atoms with Gasteiger partial charge in [-0.3, -0.25) is 14.4 Å². The molecule has 0 aliphatic carbocycles. The Hall–Kier alpha value is -2.75. The van der Waals surface area contributed by atoms with Gasteiger partial charge >= 0.3 is 12.1 Å². The largest absolute Gasteiger partial charge is 0.466 e. The number of benzene rings is 1. The van der Waals surface area contributed by atoms with Gasteiger partial charge in [-0.05, 0) is 39.7 Å². The topological polar surface area (TPSA) is 114 Å². The van der Waals surface area contributed by atoms with Crippen molar-refractivity contribution < 1.29 is 28.7 Å². The zero-order valence-corrected chi connectivity index (χ0v) is 23.6.